The number of rotatable bonds is 8. The largest absolute Gasteiger partial charge is 0.480 e. The van der Waals surface area contributed by atoms with E-state index >= 15 is 0 Å². The summed E-state index contributed by atoms with van der Waals surface area (Å²) in [6.07, 6.45) is 0.676. The van der Waals surface area contributed by atoms with Gasteiger partial charge in [-0.1, -0.05) is 37.3 Å². The number of hydrogen-bond donors (Lipinski definition) is 1. The second kappa shape index (κ2) is 9.01. The van der Waals surface area contributed by atoms with Gasteiger partial charge < -0.3 is 10.0 Å². The lowest BCUT2D eigenvalue weighted by atomic mass is 10.1. The summed E-state index contributed by atoms with van der Waals surface area (Å²) in [6.45, 7) is 8.62. The molecule has 23 heavy (non-hydrogen) atoms. The molecule has 0 radical (unpaired) electrons. The van der Waals surface area contributed by atoms with Crippen molar-refractivity contribution in [2.75, 3.05) is 46.3 Å². The fourth-order valence-electron chi connectivity index (χ4n) is 3.17. The molecule has 1 aromatic carbocycles. The summed E-state index contributed by atoms with van der Waals surface area (Å²) in [5.74, 6) is -0.691. The maximum Gasteiger partial charge on any atom is 0.320 e. The van der Waals surface area contributed by atoms with Crippen LogP contribution in [0.4, 0.5) is 0 Å². The number of piperazine rings is 1. The summed E-state index contributed by atoms with van der Waals surface area (Å²) in [5, 5.41) is 9.25. The summed E-state index contributed by atoms with van der Waals surface area (Å²) < 4.78 is 0. The average Bonchev–Trinajstić information content (AvgIpc) is 2.55. The van der Waals surface area contributed by atoms with Crippen LogP contribution in [0.1, 0.15) is 18.9 Å². The smallest absolute Gasteiger partial charge is 0.320 e. The molecular formula is C18H29N3O2. The third-order valence-electron chi connectivity index (χ3n) is 4.61. The standard InChI is InChI=1S/C18H29N3O2/c1-3-17(18(22)23)21-13-11-20(12-14-21)10-9-19(2)15-16-7-5-4-6-8-16/h4-8,17H,3,9-15H2,1-2H3,(H,22,23). The number of nitrogens with zero attached hydrogens (tertiary/aromatic N) is 3. The van der Waals surface area contributed by atoms with Gasteiger partial charge in [0.1, 0.15) is 6.04 Å². The van der Waals surface area contributed by atoms with E-state index in [9.17, 15) is 9.90 Å². The van der Waals surface area contributed by atoms with Crippen molar-refractivity contribution in [1.82, 2.24) is 14.7 Å². The minimum Gasteiger partial charge on any atom is -0.480 e. The first-order chi connectivity index (χ1) is 11.1. The van der Waals surface area contributed by atoms with Crippen molar-refractivity contribution in [3.05, 3.63) is 35.9 Å². The number of hydrogen-bond acceptors (Lipinski definition) is 4. The predicted octanol–water partition coefficient (Wildman–Crippen LogP) is 1.60. The Labute approximate surface area is 139 Å². The van der Waals surface area contributed by atoms with E-state index in [0.717, 1.165) is 45.8 Å². The zero-order valence-electron chi connectivity index (χ0n) is 14.3. The topological polar surface area (TPSA) is 47.0 Å². The molecule has 0 aliphatic carbocycles. The lowest BCUT2D eigenvalue weighted by Gasteiger charge is -2.37. The van der Waals surface area contributed by atoms with Crippen molar-refractivity contribution in [1.29, 1.82) is 0 Å². The molecule has 2 rings (SSSR count). The lowest BCUT2D eigenvalue weighted by Crippen LogP contribution is -2.53. The molecule has 1 saturated heterocycles. The lowest BCUT2D eigenvalue weighted by molar-refractivity contribution is -0.144. The van der Waals surface area contributed by atoms with Crippen LogP contribution in [0.15, 0.2) is 30.3 Å². The van der Waals surface area contributed by atoms with Crippen molar-refractivity contribution in [3.8, 4) is 0 Å². The molecule has 1 aliphatic rings. The minimum atomic E-state index is -0.691. The van der Waals surface area contributed by atoms with Gasteiger partial charge in [-0.25, -0.2) is 0 Å². The highest BCUT2D eigenvalue weighted by Gasteiger charge is 2.27. The monoisotopic (exact) mass is 319 g/mol. The molecule has 1 heterocycles. The minimum absolute atomic E-state index is 0.321. The van der Waals surface area contributed by atoms with Crippen LogP contribution >= 0.6 is 0 Å². The molecule has 5 nitrogen and oxygen atoms in total. The van der Waals surface area contributed by atoms with Crippen LogP contribution in [-0.4, -0.2) is 78.1 Å². The SMILES string of the molecule is CCC(C(=O)O)N1CCN(CCN(C)Cc2ccccc2)CC1. The van der Waals surface area contributed by atoms with E-state index in [1.165, 1.54) is 5.56 Å². The van der Waals surface area contributed by atoms with Crippen LogP contribution in [0.25, 0.3) is 0 Å². The Kier molecular flexibility index (Phi) is 7.02. The number of carboxylic acid groups (broad SMARTS) is 1. The van der Waals surface area contributed by atoms with Crippen molar-refractivity contribution in [2.45, 2.75) is 25.9 Å². The molecular weight excluding hydrogens is 290 g/mol. The van der Waals surface area contributed by atoms with Gasteiger partial charge >= 0.3 is 5.97 Å². The van der Waals surface area contributed by atoms with Crippen LogP contribution in [0.3, 0.4) is 0 Å². The van der Waals surface area contributed by atoms with Crippen LogP contribution in [-0.2, 0) is 11.3 Å². The summed E-state index contributed by atoms with van der Waals surface area (Å²) in [5.41, 5.74) is 1.34. The highest BCUT2D eigenvalue weighted by molar-refractivity contribution is 5.73. The molecule has 0 spiro atoms. The highest BCUT2D eigenvalue weighted by Crippen LogP contribution is 2.10. The molecule has 1 atom stereocenters. The fourth-order valence-corrected chi connectivity index (χ4v) is 3.17. The summed E-state index contributed by atoms with van der Waals surface area (Å²) in [7, 11) is 2.15. The van der Waals surface area contributed by atoms with Gasteiger partial charge in [0.25, 0.3) is 0 Å². The maximum absolute atomic E-state index is 11.2. The van der Waals surface area contributed by atoms with Crippen LogP contribution in [0, 0.1) is 0 Å². The number of aliphatic carboxylic acids is 1. The Morgan fingerprint density at radius 1 is 1.22 bits per heavy atom. The first-order valence-corrected chi connectivity index (χ1v) is 8.52. The van der Waals surface area contributed by atoms with Crippen LogP contribution in [0.5, 0.6) is 0 Å². The predicted molar refractivity (Wildman–Crippen MR) is 92.5 cm³/mol. The molecule has 1 unspecified atom stereocenters. The maximum atomic E-state index is 11.2. The van der Waals surface area contributed by atoms with Crippen molar-refractivity contribution in [2.24, 2.45) is 0 Å². The highest BCUT2D eigenvalue weighted by atomic mass is 16.4. The number of benzene rings is 1. The van der Waals surface area contributed by atoms with Gasteiger partial charge in [0.2, 0.25) is 0 Å². The van der Waals surface area contributed by atoms with Gasteiger partial charge in [-0.05, 0) is 19.0 Å². The fraction of sp³-hybridized carbons (Fsp3) is 0.611. The third-order valence-corrected chi connectivity index (χ3v) is 4.61. The van der Waals surface area contributed by atoms with Gasteiger partial charge in [-0.2, -0.15) is 0 Å². The van der Waals surface area contributed by atoms with Gasteiger partial charge in [-0.15, -0.1) is 0 Å². The average molecular weight is 319 g/mol. The Morgan fingerprint density at radius 2 is 1.87 bits per heavy atom. The van der Waals surface area contributed by atoms with Crippen LogP contribution < -0.4 is 0 Å². The molecule has 1 N–H and O–H groups in total. The van der Waals surface area contributed by atoms with E-state index in [2.05, 4.69) is 46.0 Å². The number of likely N-dealkylation sites (N-methyl/N-ethyl adjacent to an activating group) is 1. The van der Waals surface area contributed by atoms with E-state index in [4.69, 9.17) is 0 Å². The molecule has 0 bridgehead atoms. The normalized spacial score (nSPS) is 18.2. The summed E-state index contributed by atoms with van der Waals surface area (Å²) in [6, 6.07) is 10.2. The zero-order chi connectivity index (χ0) is 16.7. The van der Waals surface area contributed by atoms with Gasteiger partial charge in [0, 0.05) is 45.8 Å². The quantitative estimate of drug-likeness (QED) is 0.789. The molecule has 1 fully saturated rings. The van der Waals surface area contributed by atoms with E-state index in [0.29, 0.717) is 6.42 Å². The molecule has 5 heteroatoms. The van der Waals surface area contributed by atoms with Gasteiger partial charge in [0.15, 0.2) is 0 Å². The zero-order valence-corrected chi connectivity index (χ0v) is 14.3. The summed E-state index contributed by atoms with van der Waals surface area (Å²) in [4.78, 5) is 18.1. The number of carboxylic acids is 1. The van der Waals surface area contributed by atoms with Gasteiger partial charge in [0.05, 0.1) is 0 Å². The van der Waals surface area contributed by atoms with Crippen molar-refractivity contribution >= 4 is 5.97 Å². The molecule has 0 saturated carbocycles. The van der Waals surface area contributed by atoms with E-state index in [1.807, 2.05) is 13.0 Å². The first-order valence-electron chi connectivity index (χ1n) is 8.52. The van der Waals surface area contributed by atoms with Crippen LogP contribution in [0.2, 0.25) is 0 Å². The summed E-state index contributed by atoms with van der Waals surface area (Å²) >= 11 is 0. The second-order valence-corrected chi connectivity index (χ2v) is 6.36. The Bertz CT molecular complexity index is 472. The van der Waals surface area contributed by atoms with Crippen molar-refractivity contribution < 1.29 is 9.90 Å². The second-order valence-electron chi connectivity index (χ2n) is 6.36. The van der Waals surface area contributed by atoms with E-state index in [1.54, 1.807) is 0 Å². The van der Waals surface area contributed by atoms with E-state index < -0.39 is 5.97 Å². The van der Waals surface area contributed by atoms with E-state index in [-0.39, 0.29) is 6.04 Å². The first kappa shape index (κ1) is 17.9. The number of carbonyl (C=O) groups is 1. The molecule has 1 aliphatic heterocycles. The Balaban J connectivity index is 1.69. The molecule has 1 aromatic rings. The van der Waals surface area contributed by atoms with Gasteiger partial charge in [-0.3, -0.25) is 14.6 Å². The Morgan fingerprint density at radius 3 is 2.43 bits per heavy atom. The third kappa shape index (κ3) is 5.61. The molecule has 128 valence electrons. The van der Waals surface area contributed by atoms with Crippen molar-refractivity contribution in [3.63, 3.8) is 0 Å². The Hall–Kier alpha value is -1.43. The molecule has 0 aromatic heterocycles. The molecule has 0 amide bonds.